The summed E-state index contributed by atoms with van der Waals surface area (Å²) in [7, 11) is 0. The van der Waals surface area contributed by atoms with Gasteiger partial charge in [-0.2, -0.15) is 5.10 Å². The highest BCUT2D eigenvalue weighted by Crippen LogP contribution is 2.11. The van der Waals surface area contributed by atoms with Crippen LogP contribution in [0.1, 0.15) is 0 Å². The summed E-state index contributed by atoms with van der Waals surface area (Å²) >= 11 is 0. The van der Waals surface area contributed by atoms with E-state index in [2.05, 4.69) is 17.2 Å². The van der Waals surface area contributed by atoms with Gasteiger partial charge in [0.2, 0.25) is 0 Å². The lowest BCUT2D eigenvalue weighted by atomic mass is 10.3. The molecule has 1 aromatic carbocycles. The van der Waals surface area contributed by atoms with Gasteiger partial charge in [0.15, 0.2) is 0 Å². The van der Waals surface area contributed by atoms with E-state index >= 15 is 0 Å². The van der Waals surface area contributed by atoms with E-state index in [-0.39, 0.29) is 0 Å². The summed E-state index contributed by atoms with van der Waals surface area (Å²) in [6.07, 6.45) is 1.87. The number of para-hydroxylation sites is 1. The summed E-state index contributed by atoms with van der Waals surface area (Å²) < 4.78 is 7.27. The summed E-state index contributed by atoms with van der Waals surface area (Å²) in [5.74, 6) is 0. The Labute approximate surface area is 88.6 Å². The van der Waals surface area contributed by atoms with Crippen molar-refractivity contribution in [3.8, 4) is 0 Å². The number of ether oxygens (including phenoxy) is 1. The molecular formula is C11H15N3O. The molecule has 0 fully saturated rings. The van der Waals surface area contributed by atoms with Crippen LogP contribution >= 0.6 is 0 Å². The third-order valence-electron chi connectivity index (χ3n) is 2.26. The maximum absolute atomic E-state index is 5.33. The van der Waals surface area contributed by atoms with E-state index in [1.807, 2.05) is 23.0 Å². The van der Waals surface area contributed by atoms with Crippen molar-refractivity contribution in [1.29, 1.82) is 0 Å². The van der Waals surface area contributed by atoms with Crippen molar-refractivity contribution < 1.29 is 4.74 Å². The zero-order valence-corrected chi connectivity index (χ0v) is 8.60. The monoisotopic (exact) mass is 205 g/mol. The van der Waals surface area contributed by atoms with E-state index in [0.717, 1.165) is 17.4 Å². The van der Waals surface area contributed by atoms with Gasteiger partial charge in [0.05, 0.1) is 31.5 Å². The van der Waals surface area contributed by atoms with E-state index in [0.29, 0.717) is 19.8 Å². The third-order valence-corrected chi connectivity index (χ3v) is 2.26. The molecule has 2 rings (SSSR count). The van der Waals surface area contributed by atoms with E-state index in [1.165, 1.54) is 0 Å². The lowest BCUT2D eigenvalue weighted by molar-refractivity contribution is 0.131. The third kappa shape index (κ3) is 2.34. The highest BCUT2D eigenvalue weighted by atomic mass is 16.5. The fraction of sp³-hybridized carbons (Fsp3) is 0.364. The Bertz CT molecular complexity index is 424. The number of benzene rings is 1. The van der Waals surface area contributed by atoms with E-state index in [1.54, 1.807) is 0 Å². The fourth-order valence-electron chi connectivity index (χ4n) is 1.54. The fourth-order valence-corrected chi connectivity index (χ4v) is 1.54. The Hall–Kier alpha value is -1.39. The van der Waals surface area contributed by atoms with Gasteiger partial charge in [-0.25, -0.2) is 0 Å². The Morgan fingerprint density at radius 3 is 3.00 bits per heavy atom. The predicted octanol–water partition coefficient (Wildman–Crippen LogP) is 1.01. The van der Waals surface area contributed by atoms with Crippen LogP contribution in [0.5, 0.6) is 0 Å². The molecule has 0 saturated carbocycles. The topological polar surface area (TPSA) is 53.1 Å². The largest absolute Gasteiger partial charge is 0.378 e. The van der Waals surface area contributed by atoms with Gasteiger partial charge in [-0.3, -0.25) is 4.68 Å². The number of aromatic nitrogens is 2. The Balaban J connectivity index is 2.02. The molecule has 0 atom stereocenters. The first-order valence-electron chi connectivity index (χ1n) is 5.10. The molecule has 0 radical (unpaired) electrons. The van der Waals surface area contributed by atoms with Crippen LogP contribution in [-0.2, 0) is 11.3 Å². The van der Waals surface area contributed by atoms with Crippen molar-refractivity contribution >= 4 is 10.9 Å². The summed E-state index contributed by atoms with van der Waals surface area (Å²) in [6.45, 7) is 2.61. The molecule has 0 aliphatic heterocycles. The number of nitrogens with zero attached hydrogens (tertiary/aromatic N) is 2. The van der Waals surface area contributed by atoms with Crippen molar-refractivity contribution in [2.75, 3.05) is 19.8 Å². The molecule has 0 amide bonds. The second kappa shape index (κ2) is 4.91. The first-order chi connectivity index (χ1) is 7.42. The van der Waals surface area contributed by atoms with Gasteiger partial charge in [-0.15, -0.1) is 0 Å². The maximum atomic E-state index is 5.33. The molecule has 0 aliphatic carbocycles. The van der Waals surface area contributed by atoms with Crippen LogP contribution in [0.15, 0.2) is 30.5 Å². The van der Waals surface area contributed by atoms with Gasteiger partial charge in [-0.05, 0) is 6.07 Å². The minimum absolute atomic E-state index is 0.569. The molecule has 0 bridgehead atoms. The normalized spacial score (nSPS) is 11.0. The summed E-state index contributed by atoms with van der Waals surface area (Å²) in [5.41, 5.74) is 6.48. The average Bonchev–Trinajstić information content (AvgIpc) is 2.68. The molecule has 4 heteroatoms. The molecule has 15 heavy (non-hydrogen) atoms. The van der Waals surface area contributed by atoms with Gasteiger partial charge in [0.1, 0.15) is 0 Å². The van der Waals surface area contributed by atoms with Crippen molar-refractivity contribution in [3.05, 3.63) is 30.5 Å². The molecule has 0 saturated heterocycles. The van der Waals surface area contributed by atoms with Crippen molar-refractivity contribution in [2.24, 2.45) is 5.73 Å². The summed E-state index contributed by atoms with van der Waals surface area (Å²) in [6, 6.07) is 8.14. The average molecular weight is 205 g/mol. The van der Waals surface area contributed by atoms with E-state index < -0.39 is 0 Å². The molecule has 4 nitrogen and oxygen atoms in total. The molecule has 2 aromatic rings. The Morgan fingerprint density at radius 2 is 2.13 bits per heavy atom. The Morgan fingerprint density at radius 1 is 1.27 bits per heavy atom. The van der Waals surface area contributed by atoms with Crippen LogP contribution in [0, 0.1) is 0 Å². The predicted molar refractivity (Wildman–Crippen MR) is 59.6 cm³/mol. The van der Waals surface area contributed by atoms with E-state index in [9.17, 15) is 0 Å². The molecule has 80 valence electrons. The Kier molecular flexibility index (Phi) is 3.32. The summed E-state index contributed by atoms with van der Waals surface area (Å²) in [5, 5.41) is 5.46. The molecule has 0 unspecified atom stereocenters. The van der Waals surface area contributed by atoms with Crippen molar-refractivity contribution in [1.82, 2.24) is 9.78 Å². The first kappa shape index (κ1) is 10.1. The van der Waals surface area contributed by atoms with Crippen LogP contribution in [0.3, 0.4) is 0 Å². The lowest BCUT2D eigenvalue weighted by Gasteiger charge is -2.04. The number of fused-ring (bicyclic) bond motifs is 1. The summed E-state index contributed by atoms with van der Waals surface area (Å²) in [4.78, 5) is 0. The zero-order chi connectivity index (χ0) is 10.5. The van der Waals surface area contributed by atoms with Gasteiger partial charge < -0.3 is 10.5 Å². The van der Waals surface area contributed by atoms with Gasteiger partial charge in [0.25, 0.3) is 0 Å². The van der Waals surface area contributed by atoms with Crippen LogP contribution in [0.25, 0.3) is 10.9 Å². The van der Waals surface area contributed by atoms with Gasteiger partial charge >= 0.3 is 0 Å². The zero-order valence-electron chi connectivity index (χ0n) is 8.60. The minimum Gasteiger partial charge on any atom is -0.378 e. The molecule has 1 aromatic heterocycles. The number of rotatable bonds is 5. The smallest absolute Gasteiger partial charge is 0.0683 e. The molecule has 0 spiro atoms. The maximum Gasteiger partial charge on any atom is 0.0683 e. The number of nitrogens with two attached hydrogens (primary N) is 1. The van der Waals surface area contributed by atoms with Gasteiger partial charge in [-0.1, -0.05) is 18.2 Å². The van der Waals surface area contributed by atoms with Crippen molar-refractivity contribution in [3.63, 3.8) is 0 Å². The second-order valence-electron chi connectivity index (χ2n) is 3.33. The first-order valence-corrected chi connectivity index (χ1v) is 5.10. The lowest BCUT2D eigenvalue weighted by Crippen LogP contribution is -2.12. The van der Waals surface area contributed by atoms with E-state index in [4.69, 9.17) is 10.5 Å². The van der Waals surface area contributed by atoms with Crippen LogP contribution < -0.4 is 5.73 Å². The van der Waals surface area contributed by atoms with Crippen LogP contribution in [-0.4, -0.2) is 29.5 Å². The quantitative estimate of drug-likeness (QED) is 0.741. The minimum atomic E-state index is 0.569. The number of hydrogen-bond acceptors (Lipinski definition) is 3. The molecule has 0 aliphatic rings. The SMILES string of the molecule is NCCOCCn1ncc2ccccc21. The highest BCUT2D eigenvalue weighted by Gasteiger charge is 2.00. The standard InChI is InChI=1S/C11H15N3O/c12-5-7-15-8-6-14-11-4-2-1-3-10(11)9-13-14/h1-4,9H,5-8,12H2. The number of hydrogen-bond donors (Lipinski definition) is 1. The van der Waals surface area contributed by atoms with Gasteiger partial charge in [0, 0.05) is 11.9 Å². The highest BCUT2D eigenvalue weighted by molar-refractivity contribution is 5.78. The molecule has 2 N–H and O–H groups in total. The van der Waals surface area contributed by atoms with Crippen LogP contribution in [0.2, 0.25) is 0 Å². The molecular weight excluding hydrogens is 190 g/mol. The van der Waals surface area contributed by atoms with Crippen molar-refractivity contribution in [2.45, 2.75) is 6.54 Å². The van der Waals surface area contributed by atoms with Crippen LogP contribution in [0.4, 0.5) is 0 Å². The molecule has 1 heterocycles. The second-order valence-corrected chi connectivity index (χ2v) is 3.33.